The van der Waals surface area contributed by atoms with Crippen molar-refractivity contribution in [2.24, 2.45) is 12.8 Å². The van der Waals surface area contributed by atoms with Crippen LogP contribution in [0.5, 0.6) is 0 Å². The molecule has 7 nitrogen and oxygen atoms in total. The summed E-state index contributed by atoms with van der Waals surface area (Å²) in [7, 11) is 1.83. The van der Waals surface area contributed by atoms with Gasteiger partial charge in [-0.1, -0.05) is 0 Å². The van der Waals surface area contributed by atoms with E-state index in [2.05, 4.69) is 15.5 Å². The van der Waals surface area contributed by atoms with Gasteiger partial charge in [-0.2, -0.15) is 0 Å². The Bertz CT molecular complexity index is 397. The molecule has 0 radical (unpaired) electrons. The number of nitrogens with zero attached hydrogens (tertiary/aromatic N) is 3. The summed E-state index contributed by atoms with van der Waals surface area (Å²) in [4.78, 5) is 12.0. The number of nitrogens with one attached hydrogen (secondary N) is 1. The van der Waals surface area contributed by atoms with Gasteiger partial charge in [0.15, 0.2) is 5.82 Å². The highest BCUT2D eigenvalue weighted by atomic mass is 16.5. The van der Waals surface area contributed by atoms with E-state index in [1.807, 2.05) is 7.05 Å². The minimum Gasteiger partial charge on any atom is -0.381 e. The molecule has 0 saturated carbocycles. The third-order valence-corrected chi connectivity index (χ3v) is 3.05. The van der Waals surface area contributed by atoms with Gasteiger partial charge in [0, 0.05) is 20.3 Å². The Morgan fingerprint density at radius 2 is 2.35 bits per heavy atom. The van der Waals surface area contributed by atoms with Crippen molar-refractivity contribution in [3.8, 4) is 0 Å². The first-order valence-electron chi connectivity index (χ1n) is 5.60. The van der Waals surface area contributed by atoms with Crippen LogP contribution in [0.25, 0.3) is 0 Å². The lowest BCUT2D eigenvalue weighted by atomic mass is 9.90. The van der Waals surface area contributed by atoms with Gasteiger partial charge in [-0.05, 0) is 12.8 Å². The molecule has 1 saturated heterocycles. The molecule has 1 aliphatic heterocycles. The van der Waals surface area contributed by atoms with Crippen molar-refractivity contribution in [2.75, 3.05) is 13.2 Å². The predicted octanol–water partition coefficient (Wildman–Crippen LogP) is -1.06. The normalized spacial score (nSPS) is 18.9. The van der Waals surface area contributed by atoms with Gasteiger partial charge in [0.25, 0.3) is 0 Å². The number of carbonyl (C=O) groups is 1. The molecular formula is C10H17N5O2. The van der Waals surface area contributed by atoms with E-state index in [1.54, 1.807) is 10.9 Å². The van der Waals surface area contributed by atoms with Gasteiger partial charge in [0.05, 0.1) is 12.1 Å². The van der Waals surface area contributed by atoms with E-state index in [9.17, 15) is 4.79 Å². The van der Waals surface area contributed by atoms with E-state index < -0.39 is 5.54 Å². The molecule has 94 valence electrons. The van der Waals surface area contributed by atoms with Crippen LogP contribution in [-0.4, -0.2) is 39.4 Å². The standard InChI is InChI=1S/C10H17N5O2/c1-15-7-13-14-8(15)6-12-9(16)10(11)2-4-17-5-3-10/h7H,2-6,11H2,1H3,(H,12,16). The number of aryl methyl sites for hydroxylation is 1. The SMILES string of the molecule is Cn1cnnc1CNC(=O)C1(N)CCOCC1. The van der Waals surface area contributed by atoms with Crippen molar-refractivity contribution in [3.63, 3.8) is 0 Å². The Hall–Kier alpha value is -1.47. The van der Waals surface area contributed by atoms with Gasteiger partial charge in [-0.15, -0.1) is 10.2 Å². The molecule has 0 unspecified atom stereocenters. The van der Waals surface area contributed by atoms with Crippen LogP contribution in [0.2, 0.25) is 0 Å². The van der Waals surface area contributed by atoms with Crippen molar-refractivity contribution in [2.45, 2.75) is 24.9 Å². The van der Waals surface area contributed by atoms with Gasteiger partial charge in [-0.3, -0.25) is 4.79 Å². The molecule has 0 aromatic carbocycles. The maximum atomic E-state index is 12.0. The zero-order chi connectivity index (χ0) is 12.3. The topological polar surface area (TPSA) is 95.1 Å². The second kappa shape index (κ2) is 4.80. The molecule has 1 aliphatic rings. The summed E-state index contributed by atoms with van der Waals surface area (Å²) < 4.78 is 6.96. The van der Waals surface area contributed by atoms with E-state index in [0.717, 1.165) is 0 Å². The molecule has 0 bridgehead atoms. The van der Waals surface area contributed by atoms with Crippen LogP contribution in [0.3, 0.4) is 0 Å². The Kier molecular flexibility index (Phi) is 3.39. The highest BCUT2D eigenvalue weighted by molar-refractivity contribution is 5.86. The van der Waals surface area contributed by atoms with Crippen LogP contribution in [0.1, 0.15) is 18.7 Å². The summed E-state index contributed by atoms with van der Waals surface area (Å²) in [5.41, 5.74) is 5.24. The maximum Gasteiger partial charge on any atom is 0.240 e. The van der Waals surface area contributed by atoms with Gasteiger partial charge < -0.3 is 20.4 Å². The fourth-order valence-corrected chi connectivity index (χ4v) is 1.77. The molecule has 1 aromatic heterocycles. The fraction of sp³-hybridized carbons (Fsp3) is 0.700. The minimum absolute atomic E-state index is 0.149. The van der Waals surface area contributed by atoms with Crippen LogP contribution in [-0.2, 0) is 23.1 Å². The number of carbonyl (C=O) groups excluding carboxylic acids is 1. The molecule has 2 rings (SSSR count). The van der Waals surface area contributed by atoms with E-state index in [0.29, 0.717) is 38.4 Å². The summed E-state index contributed by atoms with van der Waals surface area (Å²) in [6, 6.07) is 0. The van der Waals surface area contributed by atoms with Crippen molar-refractivity contribution < 1.29 is 9.53 Å². The van der Waals surface area contributed by atoms with Gasteiger partial charge in [0.2, 0.25) is 5.91 Å². The Morgan fingerprint density at radius 1 is 1.65 bits per heavy atom. The average Bonchev–Trinajstić information content (AvgIpc) is 2.73. The summed E-state index contributed by atoms with van der Waals surface area (Å²) in [6.07, 6.45) is 2.70. The lowest BCUT2D eigenvalue weighted by Crippen LogP contribution is -2.56. The number of nitrogens with two attached hydrogens (primary N) is 1. The molecule has 0 atom stereocenters. The van der Waals surface area contributed by atoms with Crippen LogP contribution in [0.15, 0.2) is 6.33 Å². The van der Waals surface area contributed by atoms with E-state index in [1.165, 1.54) is 0 Å². The summed E-state index contributed by atoms with van der Waals surface area (Å²) >= 11 is 0. The van der Waals surface area contributed by atoms with Crippen LogP contribution >= 0.6 is 0 Å². The zero-order valence-corrected chi connectivity index (χ0v) is 9.85. The third-order valence-electron chi connectivity index (χ3n) is 3.05. The smallest absolute Gasteiger partial charge is 0.240 e. The number of hydrogen-bond donors (Lipinski definition) is 2. The number of rotatable bonds is 3. The van der Waals surface area contributed by atoms with Crippen LogP contribution < -0.4 is 11.1 Å². The highest BCUT2D eigenvalue weighted by Crippen LogP contribution is 2.17. The fourth-order valence-electron chi connectivity index (χ4n) is 1.77. The molecular weight excluding hydrogens is 222 g/mol. The van der Waals surface area contributed by atoms with E-state index >= 15 is 0 Å². The van der Waals surface area contributed by atoms with Crippen molar-refractivity contribution in [1.82, 2.24) is 20.1 Å². The first kappa shape index (κ1) is 12.0. The summed E-state index contributed by atoms with van der Waals surface area (Å²) in [5, 5.41) is 10.4. The van der Waals surface area contributed by atoms with Crippen molar-refractivity contribution >= 4 is 5.91 Å². The first-order valence-corrected chi connectivity index (χ1v) is 5.60. The largest absolute Gasteiger partial charge is 0.381 e. The van der Waals surface area contributed by atoms with Gasteiger partial charge in [0.1, 0.15) is 6.33 Å². The second-order valence-corrected chi connectivity index (χ2v) is 4.31. The monoisotopic (exact) mass is 239 g/mol. The van der Waals surface area contributed by atoms with E-state index in [-0.39, 0.29) is 5.91 Å². The predicted molar refractivity (Wildman–Crippen MR) is 59.8 cm³/mol. The van der Waals surface area contributed by atoms with Crippen LogP contribution in [0.4, 0.5) is 0 Å². The lowest BCUT2D eigenvalue weighted by Gasteiger charge is -2.31. The van der Waals surface area contributed by atoms with Crippen molar-refractivity contribution in [3.05, 3.63) is 12.2 Å². The second-order valence-electron chi connectivity index (χ2n) is 4.31. The van der Waals surface area contributed by atoms with Gasteiger partial charge in [-0.25, -0.2) is 0 Å². The third kappa shape index (κ3) is 2.62. The molecule has 0 aliphatic carbocycles. The Balaban J connectivity index is 1.91. The number of ether oxygens (including phenoxy) is 1. The van der Waals surface area contributed by atoms with E-state index in [4.69, 9.17) is 10.5 Å². The molecule has 17 heavy (non-hydrogen) atoms. The minimum atomic E-state index is -0.809. The molecule has 0 spiro atoms. The first-order chi connectivity index (χ1) is 8.12. The quantitative estimate of drug-likeness (QED) is 0.701. The molecule has 3 N–H and O–H groups in total. The average molecular weight is 239 g/mol. The Morgan fingerprint density at radius 3 is 2.94 bits per heavy atom. The number of amides is 1. The van der Waals surface area contributed by atoms with Gasteiger partial charge >= 0.3 is 0 Å². The molecule has 1 fully saturated rings. The summed E-state index contributed by atoms with van der Waals surface area (Å²) in [5.74, 6) is 0.554. The molecule has 1 aromatic rings. The Labute approximate surface area is 99.3 Å². The van der Waals surface area contributed by atoms with Crippen LogP contribution in [0, 0.1) is 0 Å². The zero-order valence-electron chi connectivity index (χ0n) is 9.85. The number of aromatic nitrogens is 3. The number of hydrogen-bond acceptors (Lipinski definition) is 5. The summed E-state index contributed by atoms with van der Waals surface area (Å²) in [6.45, 7) is 1.41. The molecule has 2 heterocycles. The van der Waals surface area contributed by atoms with Crippen molar-refractivity contribution in [1.29, 1.82) is 0 Å². The maximum absolute atomic E-state index is 12.0. The lowest BCUT2D eigenvalue weighted by molar-refractivity contribution is -0.129. The molecule has 7 heteroatoms. The highest BCUT2D eigenvalue weighted by Gasteiger charge is 2.35. The molecule has 1 amide bonds.